The Labute approximate surface area is 146 Å². The molecule has 0 atom stereocenters. The molecule has 0 saturated heterocycles. The zero-order valence-corrected chi connectivity index (χ0v) is 14.0. The van der Waals surface area contributed by atoms with Crippen LogP contribution in [0.25, 0.3) is 0 Å². The Bertz CT molecular complexity index is 712. The maximum Gasteiger partial charge on any atom is 0.303 e. The topological polar surface area (TPSA) is 84.9 Å². The van der Waals surface area contributed by atoms with Crippen molar-refractivity contribution in [1.82, 2.24) is 0 Å². The fourth-order valence-electron chi connectivity index (χ4n) is 2.14. The van der Waals surface area contributed by atoms with Gasteiger partial charge in [-0.15, -0.1) is 0 Å². The fraction of sp³-hybridized carbons (Fsp3) is 0.263. The van der Waals surface area contributed by atoms with Gasteiger partial charge in [-0.2, -0.15) is 0 Å². The van der Waals surface area contributed by atoms with Crippen LogP contribution in [0, 0.1) is 0 Å². The molecule has 0 radical (unpaired) electrons. The van der Waals surface area contributed by atoms with Crippen LogP contribution in [-0.2, 0) is 4.79 Å². The summed E-state index contributed by atoms with van der Waals surface area (Å²) in [5, 5.41) is 11.4. The van der Waals surface area contributed by atoms with Crippen LogP contribution in [0.15, 0.2) is 48.5 Å². The third-order valence-corrected chi connectivity index (χ3v) is 3.32. The number of carbonyl (C=O) groups excluding carboxylic acids is 1. The second-order valence-electron chi connectivity index (χ2n) is 5.29. The highest BCUT2D eigenvalue weighted by atomic mass is 16.5. The van der Waals surface area contributed by atoms with Gasteiger partial charge in [0, 0.05) is 17.7 Å². The number of benzene rings is 2. The van der Waals surface area contributed by atoms with Crippen LogP contribution < -0.4 is 14.8 Å². The smallest absolute Gasteiger partial charge is 0.303 e. The van der Waals surface area contributed by atoms with Crippen molar-refractivity contribution in [2.24, 2.45) is 0 Å². The van der Waals surface area contributed by atoms with Crippen LogP contribution in [0.5, 0.6) is 11.5 Å². The van der Waals surface area contributed by atoms with Crippen molar-refractivity contribution in [2.75, 3.05) is 18.5 Å². The molecule has 0 saturated carbocycles. The van der Waals surface area contributed by atoms with Crippen LogP contribution in [0.2, 0.25) is 0 Å². The van der Waals surface area contributed by atoms with Crippen molar-refractivity contribution in [2.45, 2.75) is 19.8 Å². The number of amides is 1. The third-order valence-electron chi connectivity index (χ3n) is 3.32. The molecule has 6 nitrogen and oxygen atoms in total. The molecule has 2 N–H and O–H groups in total. The lowest BCUT2D eigenvalue weighted by Gasteiger charge is -2.09. The van der Waals surface area contributed by atoms with Gasteiger partial charge in [-0.3, -0.25) is 9.59 Å². The first-order valence-electron chi connectivity index (χ1n) is 8.07. The standard InChI is InChI=1S/C19H21NO5/c1-2-24-17-6-3-5-14(13-17)19(23)20-15-8-10-16(11-9-15)25-12-4-7-18(21)22/h3,5-6,8-11,13H,2,4,7,12H2,1H3,(H,20,23)(H,21,22). The second-order valence-corrected chi connectivity index (χ2v) is 5.29. The summed E-state index contributed by atoms with van der Waals surface area (Å²) in [7, 11) is 0. The van der Waals surface area contributed by atoms with E-state index in [4.69, 9.17) is 14.6 Å². The van der Waals surface area contributed by atoms with Crippen molar-refractivity contribution in [3.8, 4) is 11.5 Å². The number of carboxylic acids is 1. The van der Waals surface area contributed by atoms with Gasteiger partial charge in [0.2, 0.25) is 0 Å². The van der Waals surface area contributed by atoms with E-state index in [1.165, 1.54) is 0 Å². The molecular formula is C19H21NO5. The van der Waals surface area contributed by atoms with E-state index in [0.717, 1.165) is 0 Å². The number of hydrogen-bond donors (Lipinski definition) is 2. The van der Waals surface area contributed by atoms with E-state index in [2.05, 4.69) is 5.32 Å². The molecule has 2 aromatic rings. The largest absolute Gasteiger partial charge is 0.494 e. The number of carbonyl (C=O) groups is 2. The summed E-state index contributed by atoms with van der Waals surface area (Å²) in [5.41, 5.74) is 1.16. The highest BCUT2D eigenvalue weighted by Crippen LogP contribution is 2.18. The highest BCUT2D eigenvalue weighted by Gasteiger charge is 2.07. The number of carboxylic acid groups (broad SMARTS) is 1. The van der Waals surface area contributed by atoms with E-state index in [9.17, 15) is 9.59 Å². The average molecular weight is 343 g/mol. The van der Waals surface area contributed by atoms with E-state index in [0.29, 0.717) is 42.4 Å². The van der Waals surface area contributed by atoms with E-state index < -0.39 is 5.97 Å². The summed E-state index contributed by atoms with van der Waals surface area (Å²) in [6, 6.07) is 13.9. The number of rotatable bonds is 9. The Balaban J connectivity index is 1.88. The Morgan fingerprint density at radius 2 is 1.80 bits per heavy atom. The second kappa shape index (κ2) is 9.32. The Morgan fingerprint density at radius 3 is 2.48 bits per heavy atom. The molecular weight excluding hydrogens is 322 g/mol. The van der Waals surface area contributed by atoms with Gasteiger partial charge in [0.05, 0.1) is 13.2 Å². The molecule has 0 aromatic heterocycles. The average Bonchev–Trinajstić information content (AvgIpc) is 2.60. The van der Waals surface area contributed by atoms with Gasteiger partial charge >= 0.3 is 5.97 Å². The van der Waals surface area contributed by atoms with Crippen LogP contribution >= 0.6 is 0 Å². The van der Waals surface area contributed by atoms with Gasteiger partial charge < -0.3 is 19.9 Å². The molecule has 0 aliphatic heterocycles. The Hall–Kier alpha value is -3.02. The normalized spacial score (nSPS) is 10.1. The summed E-state index contributed by atoms with van der Waals surface area (Å²) in [6.45, 7) is 2.76. The van der Waals surface area contributed by atoms with Gasteiger partial charge in [0.1, 0.15) is 11.5 Å². The predicted molar refractivity (Wildman–Crippen MR) is 94.4 cm³/mol. The molecule has 25 heavy (non-hydrogen) atoms. The molecule has 0 aliphatic rings. The van der Waals surface area contributed by atoms with Crippen LogP contribution in [0.1, 0.15) is 30.1 Å². The van der Waals surface area contributed by atoms with Crippen molar-refractivity contribution in [3.05, 3.63) is 54.1 Å². The van der Waals surface area contributed by atoms with E-state index in [1.54, 1.807) is 48.5 Å². The summed E-state index contributed by atoms with van der Waals surface area (Å²) in [5.74, 6) is 0.216. The van der Waals surface area contributed by atoms with Crippen molar-refractivity contribution < 1.29 is 24.2 Å². The molecule has 0 heterocycles. The van der Waals surface area contributed by atoms with Gasteiger partial charge in [0.15, 0.2) is 0 Å². The van der Waals surface area contributed by atoms with Crippen LogP contribution in [0.4, 0.5) is 5.69 Å². The molecule has 0 aliphatic carbocycles. The third kappa shape index (κ3) is 6.18. The summed E-state index contributed by atoms with van der Waals surface area (Å²) < 4.78 is 10.8. The molecule has 0 fully saturated rings. The van der Waals surface area contributed by atoms with E-state index >= 15 is 0 Å². The number of nitrogens with one attached hydrogen (secondary N) is 1. The minimum Gasteiger partial charge on any atom is -0.494 e. The number of ether oxygens (including phenoxy) is 2. The lowest BCUT2D eigenvalue weighted by molar-refractivity contribution is -0.137. The SMILES string of the molecule is CCOc1cccc(C(=O)Nc2ccc(OCCCC(=O)O)cc2)c1. The number of aliphatic carboxylic acids is 1. The van der Waals surface area contributed by atoms with Crippen molar-refractivity contribution in [1.29, 1.82) is 0 Å². The quantitative estimate of drug-likeness (QED) is 0.680. The summed E-state index contributed by atoms with van der Waals surface area (Å²) in [6.07, 6.45) is 0.527. The first kappa shape index (κ1) is 18.3. The zero-order chi connectivity index (χ0) is 18.1. The predicted octanol–water partition coefficient (Wildman–Crippen LogP) is 3.58. The molecule has 2 rings (SSSR count). The lowest BCUT2D eigenvalue weighted by atomic mass is 10.2. The van der Waals surface area contributed by atoms with Crippen molar-refractivity contribution >= 4 is 17.6 Å². The maximum atomic E-state index is 12.3. The maximum absolute atomic E-state index is 12.3. The van der Waals surface area contributed by atoms with Crippen LogP contribution in [-0.4, -0.2) is 30.2 Å². The first-order chi connectivity index (χ1) is 12.1. The monoisotopic (exact) mass is 343 g/mol. The number of hydrogen-bond acceptors (Lipinski definition) is 4. The summed E-state index contributed by atoms with van der Waals surface area (Å²) >= 11 is 0. The molecule has 1 amide bonds. The highest BCUT2D eigenvalue weighted by molar-refractivity contribution is 6.04. The van der Waals surface area contributed by atoms with Crippen molar-refractivity contribution in [3.63, 3.8) is 0 Å². The molecule has 0 unspecified atom stereocenters. The summed E-state index contributed by atoms with van der Waals surface area (Å²) in [4.78, 5) is 22.7. The van der Waals surface area contributed by atoms with Crippen LogP contribution in [0.3, 0.4) is 0 Å². The molecule has 0 bridgehead atoms. The first-order valence-corrected chi connectivity index (χ1v) is 8.07. The Morgan fingerprint density at radius 1 is 1.04 bits per heavy atom. The fourth-order valence-corrected chi connectivity index (χ4v) is 2.14. The van der Waals surface area contributed by atoms with Gasteiger partial charge in [-0.1, -0.05) is 6.07 Å². The molecule has 6 heteroatoms. The van der Waals surface area contributed by atoms with Gasteiger partial charge in [-0.05, 0) is 55.8 Å². The zero-order valence-electron chi connectivity index (χ0n) is 14.0. The van der Waals surface area contributed by atoms with E-state index in [-0.39, 0.29) is 12.3 Å². The molecule has 0 spiro atoms. The Kier molecular flexibility index (Phi) is 6.83. The van der Waals surface area contributed by atoms with Gasteiger partial charge in [0.25, 0.3) is 5.91 Å². The molecule has 132 valence electrons. The minimum atomic E-state index is -0.838. The van der Waals surface area contributed by atoms with Gasteiger partial charge in [-0.25, -0.2) is 0 Å². The lowest BCUT2D eigenvalue weighted by Crippen LogP contribution is -2.12. The van der Waals surface area contributed by atoms with E-state index in [1.807, 2.05) is 6.92 Å². The molecule has 2 aromatic carbocycles. The number of anilines is 1. The minimum absolute atomic E-state index is 0.0783.